The van der Waals surface area contributed by atoms with Crippen molar-refractivity contribution >= 4 is 23.4 Å². The monoisotopic (exact) mass is 310 g/mol. The molecule has 1 aliphatic rings. The van der Waals surface area contributed by atoms with Crippen molar-refractivity contribution in [1.29, 1.82) is 0 Å². The number of rotatable bonds is 3. The second kappa shape index (κ2) is 6.45. The fourth-order valence-corrected chi connectivity index (χ4v) is 2.67. The fourth-order valence-electron chi connectivity index (χ4n) is 2.47. The van der Waals surface area contributed by atoms with Crippen LogP contribution >= 0.6 is 11.6 Å². The first kappa shape index (κ1) is 15.8. The van der Waals surface area contributed by atoms with Crippen LogP contribution in [0.4, 0.5) is 0 Å². The van der Waals surface area contributed by atoms with E-state index in [4.69, 9.17) is 11.6 Å². The molecule has 1 saturated heterocycles. The summed E-state index contributed by atoms with van der Waals surface area (Å²) in [4.78, 5) is 25.1. The van der Waals surface area contributed by atoms with Crippen LogP contribution in [-0.2, 0) is 16.1 Å². The number of nitrogens with zero attached hydrogens (tertiary/aromatic N) is 1. The normalized spacial score (nSPS) is 22.0. The molecule has 1 aromatic rings. The Labute approximate surface area is 128 Å². The summed E-state index contributed by atoms with van der Waals surface area (Å²) < 4.78 is 0. The lowest BCUT2D eigenvalue weighted by atomic mass is 9.91. The summed E-state index contributed by atoms with van der Waals surface area (Å²) >= 11 is 6.03. The van der Waals surface area contributed by atoms with E-state index in [0.29, 0.717) is 24.4 Å². The quantitative estimate of drug-likeness (QED) is 0.885. The number of carbonyl (C=O) groups excluding carboxylic acids is 2. The third kappa shape index (κ3) is 3.74. The van der Waals surface area contributed by atoms with Crippen LogP contribution in [0.5, 0.6) is 0 Å². The standard InChI is InChI=1S/C15H19ClN2O3/c1-11(19)18-8-4-7-15(21,10-18)14(20)17-9-12-5-2-3-6-13(12)16/h2-3,5-6,21H,4,7-10H2,1H3,(H,17,20). The third-order valence-electron chi connectivity index (χ3n) is 3.74. The molecule has 2 rings (SSSR count). The molecule has 0 radical (unpaired) electrons. The minimum Gasteiger partial charge on any atom is -0.378 e. The number of hydrogen-bond donors (Lipinski definition) is 2. The molecule has 0 aromatic heterocycles. The third-order valence-corrected chi connectivity index (χ3v) is 4.10. The van der Waals surface area contributed by atoms with Gasteiger partial charge >= 0.3 is 0 Å². The molecule has 0 aliphatic carbocycles. The van der Waals surface area contributed by atoms with E-state index in [1.807, 2.05) is 18.2 Å². The highest BCUT2D eigenvalue weighted by molar-refractivity contribution is 6.31. The minimum absolute atomic E-state index is 0.0384. The molecule has 0 saturated carbocycles. The van der Waals surface area contributed by atoms with Crippen LogP contribution in [-0.4, -0.2) is 40.5 Å². The van der Waals surface area contributed by atoms with Crippen LogP contribution in [0.2, 0.25) is 5.02 Å². The first-order valence-corrected chi connectivity index (χ1v) is 7.30. The number of β-amino-alcohol motifs (C(OH)–C–C–N with tert-alkyl or cyclic N) is 1. The van der Waals surface area contributed by atoms with Gasteiger partial charge < -0.3 is 15.3 Å². The second-order valence-corrected chi connectivity index (χ2v) is 5.76. The molecular weight excluding hydrogens is 292 g/mol. The van der Waals surface area contributed by atoms with Gasteiger partial charge in [-0.15, -0.1) is 0 Å². The second-order valence-electron chi connectivity index (χ2n) is 5.35. The maximum atomic E-state index is 12.2. The molecule has 114 valence electrons. The van der Waals surface area contributed by atoms with Gasteiger partial charge in [-0.2, -0.15) is 0 Å². The number of nitrogens with one attached hydrogen (secondary N) is 1. The van der Waals surface area contributed by atoms with E-state index >= 15 is 0 Å². The first-order chi connectivity index (χ1) is 9.92. The Morgan fingerprint density at radius 3 is 2.81 bits per heavy atom. The van der Waals surface area contributed by atoms with Gasteiger partial charge in [0.2, 0.25) is 5.91 Å². The van der Waals surface area contributed by atoms with Gasteiger partial charge in [-0.05, 0) is 24.5 Å². The summed E-state index contributed by atoms with van der Waals surface area (Å²) in [6.07, 6.45) is 0.959. The molecule has 5 nitrogen and oxygen atoms in total. The zero-order chi connectivity index (χ0) is 15.5. The number of aliphatic hydroxyl groups is 1. The molecule has 0 spiro atoms. The largest absolute Gasteiger partial charge is 0.378 e. The van der Waals surface area contributed by atoms with Crippen molar-refractivity contribution in [3.05, 3.63) is 34.9 Å². The van der Waals surface area contributed by atoms with Gasteiger partial charge in [0, 0.05) is 25.0 Å². The maximum absolute atomic E-state index is 12.2. The number of benzene rings is 1. The topological polar surface area (TPSA) is 69.6 Å². The van der Waals surface area contributed by atoms with Gasteiger partial charge in [0.1, 0.15) is 0 Å². The van der Waals surface area contributed by atoms with Crippen LogP contribution in [0.3, 0.4) is 0 Å². The van der Waals surface area contributed by atoms with Gasteiger partial charge in [0.05, 0.1) is 6.54 Å². The number of amides is 2. The summed E-state index contributed by atoms with van der Waals surface area (Å²) in [5.41, 5.74) is -0.735. The molecule has 2 N–H and O–H groups in total. The number of carbonyl (C=O) groups is 2. The Kier molecular flexibility index (Phi) is 4.85. The lowest BCUT2D eigenvalue weighted by Gasteiger charge is -2.37. The Morgan fingerprint density at radius 2 is 2.14 bits per heavy atom. The molecule has 1 atom stereocenters. The lowest BCUT2D eigenvalue weighted by Crippen LogP contribution is -2.57. The average Bonchev–Trinajstić information content (AvgIpc) is 2.46. The highest BCUT2D eigenvalue weighted by Gasteiger charge is 2.40. The molecule has 1 aromatic carbocycles. The predicted octanol–water partition coefficient (Wildman–Crippen LogP) is 1.33. The highest BCUT2D eigenvalue weighted by Crippen LogP contribution is 2.22. The Morgan fingerprint density at radius 1 is 1.43 bits per heavy atom. The minimum atomic E-state index is -1.52. The molecule has 1 aliphatic heterocycles. The van der Waals surface area contributed by atoms with Gasteiger partial charge in [-0.25, -0.2) is 0 Å². The van der Waals surface area contributed by atoms with Crippen LogP contribution in [0.1, 0.15) is 25.3 Å². The number of likely N-dealkylation sites (tertiary alicyclic amines) is 1. The summed E-state index contributed by atoms with van der Waals surface area (Å²) in [5.74, 6) is -0.597. The van der Waals surface area contributed by atoms with E-state index in [2.05, 4.69) is 5.32 Å². The fraction of sp³-hybridized carbons (Fsp3) is 0.467. The van der Waals surface area contributed by atoms with Gasteiger partial charge in [-0.1, -0.05) is 29.8 Å². The van der Waals surface area contributed by atoms with E-state index in [1.165, 1.54) is 11.8 Å². The number of piperidine rings is 1. The van der Waals surface area contributed by atoms with Gasteiger partial charge in [0.15, 0.2) is 5.60 Å². The van der Waals surface area contributed by atoms with E-state index < -0.39 is 11.5 Å². The number of hydrogen-bond acceptors (Lipinski definition) is 3. The molecule has 2 amide bonds. The van der Waals surface area contributed by atoms with Crippen molar-refractivity contribution in [1.82, 2.24) is 10.2 Å². The summed E-state index contributed by atoms with van der Waals surface area (Å²) in [6, 6.07) is 7.21. The van der Waals surface area contributed by atoms with Gasteiger partial charge in [-0.3, -0.25) is 9.59 Å². The Balaban J connectivity index is 1.99. The van der Waals surface area contributed by atoms with Gasteiger partial charge in [0.25, 0.3) is 5.91 Å². The van der Waals surface area contributed by atoms with E-state index in [9.17, 15) is 14.7 Å². The Hall–Kier alpha value is -1.59. The predicted molar refractivity (Wildman–Crippen MR) is 79.7 cm³/mol. The van der Waals surface area contributed by atoms with E-state index in [1.54, 1.807) is 6.07 Å². The Bertz CT molecular complexity index is 549. The van der Waals surface area contributed by atoms with E-state index in [-0.39, 0.29) is 19.0 Å². The van der Waals surface area contributed by atoms with Crippen molar-refractivity contribution < 1.29 is 14.7 Å². The van der Waals surface area contributed by atoms with Crippen molar-refractivity contribution in [2.75, 3.05) is 13.1 Å². The van der Waals surface area contributed by atoms with Crippen molar-refractivity contribution in [3.8, 4) is 0 Å². The summed E-state index contributed by atoms with van der Waals surface area (Å²) in [6.45, 7) is 2.31. The smallest absolute Gasteiger partial charge is 0.254 e. The summed E-state index contributed by atoms with van der Waals surface area (Å²) in [7, 11) is 0. The molecular formula is C15H19ClN2O3. The molecule has 1 unspecified atom stereocenters. The van der Waals surface area contributed by atoms with Crippen molar-refractivity contribution in [2.24, 2.45) is 0 Å². The van der Waals surface area contributed by atoms with Crippen LogP contribution in [0.15, 0.2) is 24.3 Å². The zero-order valence-corrected chi connectivity index (χ0v) is 12.7. The lowest BCUT2D eigenvalue weighted by molar-refractivity contribution is -0.150. The number of halogens is 1. The molecule has 1 fully saturated rings. The summed E-state index contributed by atoms with van der Waals surface area (Å²) in [5, 5.41) is 13.7. The molecule has 6 heteroatoms. The first-order valence-electron chi connectivity index (χ1n) is 6.92. The molecule has 0 bridgehead atoms. The van der Waals surface area contributed by atoms with Crippen molar-refractivity contribution in [2.45, 2.75) is 31.9 Å². The van der Waals surface area contributed by atoms with Crippen LogP contribution < -0.4 is 5.32 Å². The van der Waals surface area contributed by atoms with E-state index in [0.717, 1.165) is 5.56 Å². The molecule has 1 heterocycles. The zero-order valence-electron chi connectivity index (χ0n) is 11.9. The van der Waals surface area contributed by atoms with Crippen LogP contribution in [0.25, 0.3) is 0 Å². The average molecular weight is 311 g/mol. The molecule has 21 heavy (non-hydrogen) atoms. The van der Waals surface area contributed by atoms with Crippen LogP contribution in [0, 0.1) is 0 Å². The highest BCUT2D eigenvalue weighted by atomic mass is 35.5. The van der Waals surface area contributed by atoms with Crippen molar-refractivity contribution in [3.63, 3.8) is 0 Å². The SMILES string of the molecule is CC(=O)N1CCCC(O)(C(=O)NCc2ccccc2Cl)C1. The maximum Gasteiger partial charge on any atom is 0.254 e.